The van der Waals surface area contributed by atoms with Crippen molar-refractivity contribution in [1.82, 2.24) is 14.8 Å². The molecule has 6 heteroatoms. The van der Waals surface area contributed by atoms with Crippen LogP contribution in [-0.2, 0) is 4.79 Å². The predicted octanol–water partition coefficient (Wildman–Crippen LogP) is 2.41. The molecule has 142 valence electrons. The summed E-state index contributed by atoms with van der Waals surface area (Å²) < 4.78 is 10.7. The molecule has 0 bridgehead atoms. The van der Waals surface area contributed by atoms with E-state index in [2.05, 4.69) is 16.9 Å². The van der Waals surface area contributed by atoms with Crippen molar-refractivity contribution in [2.24, 2.45) is 0 Å². The molecular weight excluding hydrogens is 342 g/mol. The second-order valence-corrected chi connectivity index (χ2v) is 6.51. The number of rotatable bonds is 5. The van der Waals surface area contributed by atoms with Crippen LogP contribution >= 0.6 is 0 Å². The van der Waals surface area contributed by atoms with E-state index in [-0.39, 0.29) is 5.91 Å². The quantitative estimate of drug-likeness (QED) is 0.760. The van der Waals surface area contributed by atoms with Crippen LogP contribution in [0, 0.1) is 0 Å². The van der Waals surface area contributed by atoms with E-state index < -0.39 is 0 Å². The fourth-order valence-corrected chi connectivity index (χ4v) is 3.08. The maximum atomic E-state index is 13.2. The molecule has 1 amide bonds. The molecule has 0 saturated carbocycles. The number of likely N-dealkylation sites (N-methyl/N-ethyl adjacent to an activating group) is 1. The van der Waals surface area contributed by atoms with Gasteiger partial charge in [0, 0.05) is 49.7 Å². The molecule has 0 aliphatic carbocycles. The van der Waals surface area contributed by atoms with Crippen molar-refractivity contribution in [2.45, 2.75) is 0 Å². The molecule has 1 fully saturated rings. The third-order valence-electron chi connectivity index (χ3n) is 4.71. The number of amides is 1. The van der Waals surface area contributed by atoms with Crippen LogP contribution in [0.1, 0.15) is 11.1 Å². The molecule has 1 aliphatic rings. The van der Waals surface area contributed by atoms with E-state index in [0.29, 0.717) is 17.1 Å². The predicted molar refractivity (Wildman–Crippen MR) is 106 cm³/mol. The van der Waals surface area contributed by atoms with Gasteiger partial charge in [0.05, 0.1) is 14.2 Å². The minimum Gasteiger partial charge on any atom is -0.493 e. The largest absolute Gasteiger partial charge is 0.493 e. The van der Waals surface area contributed by atoms with Gasteiger partial charge in [-0.15, -0.1) is 0 Å². The van der Waals surface area contributed by atoms with E-state index in [0.717, 1.165) is 37.3 Å². The van der Waals surface area contributed by atoms with E-state index in [1.165, 1.54) is 0 Å². The Hall–Kier alpha value is -2.86. The Morgan fingerprint density at radius 1 is 1.07 bits per heavy atom. The Bertz CT molecular complexity index is 813. The monoisotopic (exact) mass is 367 g/mol. The third kappa shape index (κ3) is 4.46. The maximum Gasteiger partial charge on any atom is 0.254 e. The van der Waals surface area contributed by atoms with E-state index in [9.17, 15) is 4.79 Å². The fourth-order valence-electron chi connectivity index (χ4n) is 3.08. The summed E-state index contributed by atoms with van der Waals surface area (Å²) in [5.41, 5.74) is 2.30. The number of piperazine rings is 1. The molecule has 2 heterocycles. The number of nitrogens with zero attached hydrogens (tertiary/aromatic N) is 3. The van der Waals surface area contributed by atoms with Crippen LogP contribution in [0.25, 0.3) is 11.6 Å². The number of methoxy groups -OCH3 is 2. The van der Waals surface area contributed by atoms with Crippen LogP contribution < -0.4 is 9.47 Å². The maximum absolute atomic E-state index is 13.2. The summed E-state index contributed by atoms with van der Waals surface area (Å²) in [5.74, 6) is 1.30. The normalized spacial score (nSPS) is 15.5. The Labute approximate surface area is 160 Å². The number of benzene rings is 1. The van der Waals surface area contributed by atoms with Crippen LogP contribution in [0.3, 0.4) is 0 Å². The van der Waals surface area contributed by atoms with Gasteiger partial charge in [-0.1, -0.05) is 12.1 Å². The summed E-state index contributed by atoms with van der Waals surface area (Å²) in [6.45, 7) is 3.20. The number of ether oxygens (including phenoxy) is 2. The van der Waals surface area contributed by atoms with Crippen molar-refractivity contribution in [3.05, 3.63) is 53.9 Å². The number of hydrogen-bond acceptors (Lipinski definition) is 5. The Morgan fingerprint density at radius 2 is 1.81 bits per heavy atom. The Balaban J connectivity index is 1.97. The molecule has 0 N–H and O–H groups in total. The lowest BCUT2D eigenvalue weighted by Crippen LogP contribution is -2.47. The molecule has 27 heavy (non-hydrogen) atoms. The second kappa shape index (κ2) is 8.68. The molecule has 1 aromatic heterocycles. The zero-order valence-corrected chi connectivity index (χ0v) is 16.0. The molecule has 6 nitrogen and oxygen atoms in total. The number of pyridine rings is 1. The van der Waals surface area contributed by atoms with Crippen molar-refractivity contribution in [2.75, 3.05) is 47.4 Å². The molecule has 1 saturated heterocycles. The van der Waals surface area contributed by atoms with Crippen LogP contribution in [-0.4, -0.2) is 68.1 Å². The lowest BCUT2D eigenvalue weighted by Gasteiger charge is -2.33. The van der Waals surface area contributed by atoms with Gasteiger partial charge in [0.2, 0.25) is 0 Å². The van der Waals surface area contributed by atoms with Crippen LogP contribution in [0.4, 0.5) is 0 Å². The zero-order valence-electron chi connectivity index (χ0n) is 16.0. The van der Waals surface area contributed by atoms with Gasteiger partial charge in [-0.2, -0.15) is 0 Å². The SMILES string of the molecule is COc1ccc(/C=C(/C(=O)N2CCN(C)CC2)c2cccnc2)cc1OC. The summed E-state index contributed by atoms with van der Waals surface area (Å²) in [7, 11) is 5.28. The average Bonchev–Trinajstić information content (AvgIpc) is 2.72. The molecule has 0 spiro atoms. The van der Waals surface area contributed by atoms with Crippen molar-refractivity contribution in [1.29, 1.82) is 0 Å². The van der Waals surface area contributed by atoms with E-state index in [1.54, 1.807) is 26.6 Å². The zero-order chi connectivity index (χ0) is 19.2. The van der Waals surface area contributed by atoms with Crippen molar-refractivity contribution >= 4 is 17.6 Å². The van der Waals surface area contributed by atoms with Gasteiger partial charge in [-0.25, -0.2) is 0 Å². The molecule has 1 aliphatic heterocycles. The molecular formula is C21H25N3O3. The van der Waals surface area contributed by atoms with Gasteiger partial charge in [0.25, 0.3) is 5.91 Å². The number of hydrogen-bond donors (Lipinski definition) is 0. The van der Waals surface area contributed by atoms with Crippen molar-refractivity contribution < 1.29 is 14.3 Å². The lowest BCUT2D eigenvalue weighted by molar-refractivity contribution is -0.126. The van der Waals surface area contributed by atoms with Gasteiger partial charge in [-0.3, -0.25) is 9.78 Å². The number of carbonyl (C=O) groups excluding carboxylic acids is 1. The van der Waals surface area contributed by atoms with E-state index in [1.807, 2.05) is 41.3 Å². The third-order valence-corrected chi connectivity index (χ3v) is 4.71. The van der Waals surface area contributed by atoms with Gasteiger partial charge >= 0.3 is 0 Å². The smallest absolute Gasteiger partial charge is 0.254 e. The summed E-state index contributed by atoms with van der Waals surface area (Å²) >= 11 is 0. The van der Waals surface area contributed by atoms with Crippen LogP contribution in [0.2, 0.25) is 0 Å². The van der Waals surface area contributed by atoms with E-state index in [4.69, 9.17) is 9.47 Å². The Kier molecular flexibility index (Phi) is 6.08. The fraction of sp³-hybridized carbons (Fsp3) is 0.333. The second-order valence-electron chi connectivity index (χ2n) is 6.51. The summed E-state index contributed by atoms with van der Waals surface area (Å²) in [6.07, 6.45) is 5.32. The minimum absolute atomic E-state index is 0.0193. The van der Waals surface area contributed by atoms with Crippen molar-refractivity contribution in [3.63, 3.8) is 0 Å². The van der Waals surface area contributed by atoms with Crippen LogP contribution in [0.15, 0.2) is 42.7 Å². The molecule has 0 radical (unpaired) electrons. The van der Waals surface area contributed by atoms with E-state index >= 15 is 0 Å². The van der Waals surface area contributed by atoms with Gasteiger partial charge < -0.3 is 19.3 Å². The van der Waals surface area contributed by atoms with Crippen molar-refractivity contribution in [3.8, 4) is 11.5 Å². The highest BCUT2D eigenvalue weighted by Gasteiger charge is 2.23. The van der Waals surface area contributed by atoms with Gasteiger partial charge in [-0.05, 0) is 36.9 Å². The van der Waals surface area contributed by atoms with Crippen LogP contribution in [0.5, 0.6) is 11.5 Å². The summed E-state index contributed by atoms with van der Waals surface area (Å²) in [6, 6.07) is 9.37. The first-order chi connectivity index (χ1) is 13.1. The topological polar surface area (TPSA) is 54.9 Å². The standard InChI is InChI=1S/C21H25N3O3/c1-23-9-11-24(12-10-23)21(25)18(17-5-4-8-22-15-17)13-16-6-7-19(26-2)20(14-16)27-3/h4-8,13-15H,9-12H2,1-3H3/b18-13+. The minimum atomic E-state index is 0.0193. The Morgan fingerprint density at radius 3 is 2.44 bits per heavy atom. The van der Waals surface area contributed by atoms with Gasteiger partial charge in [0.15, 0.2) is 11.5 Å². The highest BCUT2D eigenvalue weighted by Crippen LogP contribution is 2.30. The molecule has 0 atom stereocenters. The highest BCUT2D eigenvalue weighted by molar-refractivity contribution is 6.24. The first-order valence-corrected chi connectivity index (χ1v) is 8.94. The number of carbonyl (C=O) groups is 1. The molecule has 1 aromatic carbocycles. The van der Waals surface area contributed by atoms with Gasteiger partial charge in [0.1, 0.15) is 0 Å². The first kappa shape index (κ1) is 18.9. The molecule has 0 unspecified atom stereocenters. The lowest BCUT2D eigenvalue weighted by atomic mass is 10.0. The number of aromatic nitrogens is 1. The molecule has 2 aromatic rings. The summed E-state index contributed by atoms with van der Waals surface area (Å²) in [5, 5.41) is 0. The molecule has 3 rings (SSSR count). The highest BCUT2D eigenvalue weighted by atomic mass is 16.5. The average molecular weight is 367 g/mol. The summed E-state index contributed by atoms with van der Waals surface area (Å²) in [4.78, 5) is 21.6. The first-order valence-electron chi connectivity index (χ1n) is 8.94.